The van der Waals surface area contributed by atoms with Crippen molar-refractivity contribution in [2.24, 2.45) is 5.92 Å². The monoisotopic (exact) mass is 319 g/mol. The van der Waals surface area contributed by atoms with Crippen molar-refractivity contribution in [1.82, 2.24) is 4.90 Å². The van der Waals surface area contributed by atoms with Crippen molar-refractivity contribution in [3.05, 3.63) is 29.8 Å². The molecule has 1 heterocycles. The lowest BCUT2D eigenvalue weighted by Gasteiger charge is -2.23. The van der Waals surface area contributed by atoms with Gasteiger partial charge in [-0.3, -0.25) is 9.69 Å². The molecule has 1 aromatic carbocycles. The minimum absolute atomic E-state index is 0.0632. The second kappa shape index (κ2) is 6.27. The lowest BCUT2D eigenvalue weighted by Crippen LogP contribution is -2.32. The third-order valence-corrected chi connectivity index (χ3v) is 4.48. The fourth-order valence-electron chi connectivity index (χ4n) is 2.59. The number of nitrogens with zero attached hydrogens (tertiary/aromatic N) is 1. The molecule has 1 fully saturated rings. The number of carbonyl (C=O) groups is 1. The van der Waals surface area contributed by atoms with Crippen molar-refractivity contribution in [1.29, 1.82) is 0 Å². The van der Waals surface area contributed by atoms with Crippen LogP contribution in [0.3, 0.4) is 0 Å². The molecule has 2 unspecified atom stereocenters. The largest absolute Gasteiger partial charge is 0.481 e. The van der Waals surface area contributed by atoms with E-state index in [1.165, 1.54) is 12.1 Å². The summed E-state index contributed by atoms with van der Waals surface area (Å²) in [6.07, 6.45) is 0.610. The summed E-state index contributed by atoms with van der Waals surface area (Å²) in [6, 6.07) is 6.15. The molecule has 1 aliphatic rings. The van der Waals surface area contributed by atoms with Gasteiger partial charge in [-0.25, -0.2) is 0 Å². The molecule has 0 bridgehead atoms. The van der Waals surface area contributed by atoms with Gasteiger partial charge < -0.3 is 5.11 Å². The number of rotatable bonds is 4. The summed E-state index contributed by atoms with van der Waals surface area (Å²) >= 11 is -0.134. The van der Waals surface area contributed by atoms with Crippen LogP contribution in [0.2, 0.25) is 0 Å². The van der Waals surface area contributed by atoms with Gasteiger partial charge in [-0.15, -0.1) is 0 Å². The predicted molar refractivity (Wildman–Crippen MR) is 74.0 cm³/mol. The Morgan fingerprint density at radius 3 is 2.48 bits per heavy atom. The Bertz CT molecular complexity index is 504. The lowest BCUT2D eigenvalue weighted by molar-refractivity contribution is -0.142. The van der Waals surface area contributed by atoms with Gasteiger partial charge in [-0.2, -0.15) is 13.2 Å². The smallest absolute Gasteiger partial charge is 0.446 e. The maximum atomic E-state index is 12.2. The summed E-state index contributed by atoms with van der Waals surface area (Å²) in [5.74, 6) is -1.16. The molecule has 7 heteroatoms. The van der Waals surface area contributed by atoms with Gasteiger partial charge in [0.2, 0.25) is 0 Å². The highest BCUT2D eigenvalue weighted by atomic mass is 32.2. The molecular formula is C14H16F3NO2S. The average Bonchev–Trinajstić information content (AvgIpc) is 2.72. The molecule has 0 spiro atoms. The van der Waals surface area contributed by atoms with E-state index in [0.717, 1.165) is 5.56 Å². The van der Waals surface area contributed by atoms with Crippen molar-refractivity contribution >= 4 is 17.7 Å². The molecule has 1 N–H and O–H groups in total. The van der Waals surface area contributed by atoms with E-state index in [0.29, 0.717) is 19.5 Å². The molecule has 1 aliphatic heterocycles. The topological polar surface area (TPSA) is 40.5 Å². The van der Waals surface area contributed by atoms with Crippen LogP contribution in [0.25, 0.3) is 0 Å². The fraction of sp³-hybridized carbons (Fsp3) is 0.500. The van der Waals surface area contributed by atoms with Crippen LogP contribution in [-0.4, -0.2) is 34.1 Å². The van der Waals surface area contributed by atoms with Crippen molar-refractivity contribution in [2.75, 3.05) is 6.54 Å². The summed E-state index contributed by atoms with van der Waals surface area (Å²) in [7, 11) is 0. The molecule has 2 rings (SSSR count). The number of likely N-dealkylation sites (tertiary alicyclic amines) is 1. The van der Waals surface area contributed by atoms with Crippen LogP contribution in [0.15, 0.2) is 29.2 Å². The van der Waals surface area contributed by atoms with Gasteiger partial charge in [0.05, 0.1) is 5.92 Å². The third kappa shape index (κ3) is 4.38. The van der Waals surface area contributed by atoms with E-state index >= 15 is 0 Å². The van der Waals surface area contributed by atoms with E-state index in [2.05, 4.69) is 0 Å². The van der Waals surface area contributed by atoms with E-state index < -0.39 is 11.5 Å². The quantitative estimate of drug-likeness (QED) is 0.861. The minimum atomic E-state index is -4.28. The van der Waals surface area contributed by atoms with Crippen LogP contribution in [-0.2, 0) is 11.3 Å². The molecule has 0 saturated carbocycles. The SMILES string of the molecule is CC1C(C(=O)O)CCN1Cc1ccc(SC(F)(F)F)cc1. The van der Waals surface area contributed by atoms with Crippen molar-refractivity contribution in [3.8, 4) is 0 Å². The molecule has 0 aliphatic carbocycles. The van der Waals surface area contributed by atoms with E-state index in [-0.39, 0.29) is 28.6 Å². The number of hydrogen-bond donors (Lipinski definition) is 1. The standard InChI is InChI=1S/C14H16F3NO2S/c1-9-12(13(19)20)6-7-18(9)8-10-2-4-11(5-3-10)21-14(15,16)17/h2-5,9,12H,6-8H2,1H3,(H,19,20). The molecule has 116 valence electrons. The summed E-state index contributed by atoms with van der Waals surface area (Å²) in [5.41, 5.74) is -3.39. The number of carboxylic acids is 1. The van der Waals surface area contributed by atoms with E-state index in [4.69, 9.17) is 5.11 Å². The summed E-state index contributed by atoms with van der Waals surface area (Å²) in [6.45, 7) is 3.12. The highest BCUT2D eigenvalue weighted by Gasteiger charge is 2.35. The van der Waals surface area contributed by atoms with E-state index in [9.17, 15) is 18.0 Å². The third-order valence-electron chi connectivity index (χ3n) is 3.75. The molecule has 21 heavy (non-hydrogen) atoms. The first-order valence-corrected chi connectivity index (χ1v) is 7.39. The minimum Gasteiger partial charge on any atom is -0.481 e. The number of alkyl halides is 3. The number of aliphatic carboxylic acids is 1. The number of benzene rings is 1. The van der Waals surface area contributed by atoms with Gasteiger partial charge >= 0.3 is 11.5 Å². The van der Waals surface area contributed by atoms with E-state index in [1.807, 2.05) is 11.8 Å². The highest BCUT2D eigenvalue weighted by molar-refractivity contribution is 8.00. The Morgan fingerprint density at radius 1 is 1.38 bits per heavy atom. The number of halogens is 3. The van der Waals surface area contributed by atoms with Gasteiger partial charge in [-0.1, -0.05) is 12.1 Å². The van der Waals surface area contributed by atoms with E-state index in [1.54, 1.807) is 12.1 Å². The van der Waals surface area contributed by atoms with Crippen LogP contribution >= 0.6 is 11.8 Å². The normalized spacial score (nSPS) is 23.4. The first-order valence-electron chi connectivity index (χ1n) is 6.58. The zero-order valence-corrected chi connectivity index (χ0v) is 12.2. The van der Waals surface area contributed by atoms with Crippen LogP contribution in [0.4, 0.5) is 13.2 Å². The first kappa shape index (κ1) is 16.2. The van der Waals surface area contributed by atoms with Gasteiger partial charge in [-0.05, 0) is 49.3 Å². The van der Waals surface area contributed by atoms with Gasteiger partial charge in [0.15, 0.2) is 0 Å². The van der Waals surface area contributed by atoms with Gasteiger partial charge in [0.25, 0.3) is 0 Å². The summed E-state index contributed by atoms with van der Waals surface area (Å²) < 4.78 is 36.7. The molecular weight excluding hydrogens is 303 g/mol. The second-order valence-electron chi connectivity index (χ2n) is 5.14. The molecule has 1 saturated heterocycles. The van der Waals surface area contributed by atoms with Gasteiger partial charge in [0, 0.05) is 17.5 Å². The predicted octanol–water partition coefficient (Wildman–Crippen LogP) is 3.59. The lowest BCUT2D eigenvalue weighted by atomic mass is 10.0. The van der Waals surface area contributed by atoms with Crippen LogP contribution < -0.4 is 0 Å². The Balaban J connectivity index is 1.97. The molecule has 1 aromatic rings. The molecule has 0 radical (unpaired) electrons. The fourth-order valence-corrected chi connectivity index (χ4v) is 3.13. The van der Waals surface area contributed by atoms with Crippen LogP contribution in [0.1, 0.15) is 18.9 Å². The molecule has 0 amide bonds. The molecule has 2 atom stereocenters. The highest BCUT2D eigenvalue weighted by Crippen LogP contribution is 2.37. The first-order chi connectivity index (χ1) is 9.76. The molecule has 3 nitrogen and oxygen atoms in total. The molecule has 0 aromatic heterocycles. The maximum absolute atomic E-state index is 12.2. The van der Waals surface area contributed by atoms with Gasteiger partial charge in [0.1, 0.15) is 0 Å². The Labute approximate surface area is 125 Å². The zero-order chi connectivity index (χ0) is 15.6. The van der Waals surface area contributed by atoms with Crippen molar-refractivity contribution < 1.29 is 23.1 Å². The summed E-state index contributed by atoms with van der Waals surface area (Å²) in [5, 5.41) is 9.08. The number of hydrogen-bond acceptors (Lipinski definition) is 3. The van der Waals surface area contributed by atoms with Crippen LogP contribution in [0.5, 0.6) is 0 Å². The summed E-state index contributed by atoms with van der Waals surface area (Å²) in [4.78, 5) is 13.3. The Kier molecular flexibility index (Phi) is 4.83. The number of thioether (sulfide) groups is 1. The van der Waals surface area contributed by atoms with Crippen molar-refractivity contribution in [2.45, 2.75) is 36.3 Å². The maximum Gasteiger partial charge on any atom is 0.446 e. The zero-order valence-electron chi connectivity index (χ0n) is 11.4. The Morgan fingerprint density at radius 2 is 2.00 bits per heavy atom. The second-order valence-corrected chi connectivity index (χ2v) is 6.27. The number of carboxylic acid groups (broad SMARTS) is 1. The van der Waals surface area contributed by atoms with Crippen LogP contribution in [0, 0.1) is 5.92 Å². The average molecular weight is 319 g/mol. The van der Waals surface area contributed by atoms with Crippen molar-refractivity contribution in [3.63, 3.8) is 0 Å². The Hall–Kier alpha value is -1.21.